The Hall–Kier alpha value is -3.85. The number of hydrogen-bond acceptors (Lipinski definition) is 6. The highest BCUT2D eigenvalue weighted by Gasteiger charge is 2.23. The van der Waals surface area contributed by atoms with E-state index in [4.69, 9.17) is 19.9 Å². The maximum atomic E-state index is 13.5. The van der Waals surface area contributed by atoms with Crippen molar-refractivity contribution in [3.05, 3.63) is 66.7 Å². The maximum Gasteiger partial charge on any atom is 0.290 e. The molecule has 3 aromatic heterocycles. The van der Waals surface area contributed by atoms with E-state index in [9.17, 15) is 4.39 Å². The lowest BCUT2D eigenvalue weighted by molar-refractivity contribution is -0.122. The lowest BCUT2D eigenvalue weighted by atomic mass is 10.1. The van der Waals surface area contributed by atoms with Crippen molar-refractivity contribution in [1.29, 1.82) is 0 Å². The fourth-order valence-corrected chi connectivity index (χ4v) is 4.17. The number of rotatable bonds is 3. The van der Waals surface area contributed by atoms with Crippen LogP contribution in [0.3, 0.4) is 0 Å². The normalized spacial score (nSPS) is 18.0. The number of imidazole rings is 1. The number of piperazine rings is 1. The van der Waals surface area contributed by atoms with E-state index in [-0.39, 0.29) is 12.3 Å². The Balaban J connectivity index is 0.000000821. The highest BCUT2D eigenvalue weighted by molar-refractivity contribution is 5.81. The van der Waals surface area contributed by atoms with Crippen LogP contribution < -0.4 is 10.2 Å². The largest absolute Gasteiger partial charge is 0.483 e. The monoisotopic (exact) mass is 448 g/mol. The fraction of sp³-hybridized carbons (Fsp3) is 0.250. The molecule has 2 N–H and O–H groups in total. The molecular formula is C24H25FN6O2. The number of benzene rings is 1. The molecule has 5 rings (SSSR count). The van der Waals surface area contributed by atoms with Gasteiger partial charge < -0.3 is 15.3 Å². The molecule has 0 unspecified atom stereocenters. The lowest BCUT2D eigenvalue weighted by Crippen LogP contribution is -2.54. The molecule has 1 aromatic carbocycles. The molecule has 2 atom stereocenters. The molecule has 1 aliphatic heterocycles. The number of nitrogens with zero attached hydrogens (tertiary/aromatic N) is 5. The predicted molar refractivity (Wildman–Crippen MR) is 125 cm³/mol. The van der Waals surface area contributed by atoms with Crippen LogP contribution in [0.5, 0.6) is 0 Å². The van der Waals surface area contributed by atoms with Crippen LogP contribution in [0.15, 0.2) is 60.9 Å². The topological polar surface area (TPSA) is 96.2 Å². The molecule has 0 spiro atoms. The Morgan fingerprint density at radius 1 is 1.00 bits per heavy atom. The predicted octanol–water partition coefficient (Wildman–Crippen LogP) is 3.51. The minimum Gasteiger partial charge on any atom is -0.483 e. The van der Waals surface area contributed by atoms with Crippen molar-refractivity contribution in [2.75, 3.05) is 18.0 Å². The number of halogens is 1. The quantitative estimate of drug-likeness (QED) is 0.463. The molecule has 0 radical (unpaired) electrons. The van der Waals surface area contributed by atoms with Gasteiger partial charge in [-0.1, -0.05) is 0 Å². The van der Waals surface area contributed by atoms with Gasteiger partial charge in [0.15, 0.2) is 5.65 Å². The molecule has 0 amide bonds. The lowest BCUT2D eigenvalue weighted by Gasteiger charge is -2.36. The number of anilines is 1. The number of hydrogen-bond donors (Lipinski definition) is 2. The van der Waals surface area contributed by atoms with Gasteiger partial charge in [-0.05, 0) is 62.4 Å². The number of pyridine rings is 2. The Morgan fingerprint density at radius 2 is 1.64 bits per heavy atom. The number of carbonyl (C=O) groups is 1. The summed E-state index contributed by atoms with van der Waals surface area (Å²) in [5.74, 6) is 1.39. The van der Waals surface area contributed by atoms with Crippen molar-refractivity contribution >= 4 is 23.5 Å². The van der Waals surface area contributed by atoms with Gasteiger partial charge in [0.1, 0.15) is 23.0 Å². The molecule has 8 nitrogen and oxygen atoms in total. The number of aromatic nitrogens is 4. The van der Waals surface area contributed by atoms with Crippen molar-refractivity contribution in [3.63, 3.8) is 0 Å². The van der Waals surface area contributed by atoms with Crippen molar-refractivity contribution in [3.8, 4) is 17.1 Å². The van der Waals surface area contributed by atoms with Crippen LogP contribution in [0.25, 0.3) is 28.2 Å². The zero-order valence-electron chi connectivity index (χ0n) is 18.4. The van der Waals surface area contributed by atoms with Gasteiger partial charge in [-0.25, -0.2) is 14.4 Å². The third-order valence-corrected chi connectivity index (χ3v) is 5.39. The summed E-state index contributed by atoms with van der Waals surface area (Å²) in [5, 5.41) is 10.4. The first-order valence-electron chi connectivity index (χ1n) is 10.6. The third kappa shape index (κ3) is 4.83. The minimum absolute atomic E-state index is 0.250. The molecule has 9 heteroatoms. The Morgan fingerprint density at radius 3 is 2.27 bits per heavy atom. The number of nitrogens with one attached hydrogen (secondary N) is 1. The van der Waals surface area contributed by atoms with Crippen molar-refractivity contribution in [2.24, 2.45) is 0 Å². The summed E-state index contributed by atoms with van der Waals surface area (Å²) in [5.41, 5.74) is 3.32. The van der Waals surface area contributed by atoms with Crippen LogP contribution in [-0.4, -0.2) is 56.3 Å². The van der Waals surface area contributed by atoms with Crippen LogP contribution in [-0.2, 0) is 4.79 Å². The van der Waals surface area contributed by atoms with Crippen LogP contribution in [0.2, 0.25) is 0 Å². The summed E-state index contributed by atoms with van der Waals surface area (Å²) >= 11 is 0. The van der Waals surface area contributed by atoms with Crippen LogP contribution >= 0.6 is 0 Å². The van der Waals surface area contributed by atoms with Crippen LogP contribution in [0.4, 0.5) is 10.2 Å². The maximum absolute atomic E-state index is 13.5. The third-order valence-electron chi connectivity index (χ3n) is 5.39. The van der Waals surface area contributed by atoms with Gasteiger partial charge in [-0.3, -0.25) is 14.3 Å². The van der Waals surface area contributed by atoms with E-state index < -0.39 is 0 Å². The highest BCUT2D eigenvalue weighted by Crippen LogP contribution is 2.29. The van der Waals surface area contributed by atoms with E-state index in [1.807, 2.05) is 28.8 Å². The molecule has 0 saturated carbocycles. The molecule has 0 aliphatic carbocycles. The smallest absolute Gasteiger partial charge is 0.290 e. The first kappa shape index (κ1) is 22.3. The zero-order chi connectivity index (χ0) is 23.4. The second-order valence-electron chi connectivity index (χ2n) is 7.97. The summed E-state index contributed by atoms with van der Waals surface area (Å²) in [6.07, 6.45) is 3.50. The molecule has 170 valence electrons. The van der Waals surface area contributed by atoms with E-state index in [2.05, 4.69) is 29.0 Å². The first-order valence-corrected chi connectivity index (χ1v) is 10.6. The van der Waals surface area contributed by atoms with Gasteiger partial charge in [-0.15, -0.1) is 0 Å². The summed E-state index contributed by atoms with van der Waals surface area (Å²) < 4.78 is 15.5. The van der Waals surface area contributed by atoms with Gasteiger partial charge in [0.05, 0.1) is 5.69 Å². The molecular weight excluding hydrogens is 423 g/mol. The van der Waals surface area contributed by atoms with E-state index in [0.717, 1.165) is 47.1 Å². The molecule has 0 bridgehead atoms. The van der Waals surface area contributed by atoms with Gasteiger partial charge in [0.25, 0.3) is 6.47 Å². The average molecular weight is 449 g/mol. The van der Waals surface area contributed by atoms with E-state index in [0.29, 0.717) is 12.1 Å². The second kappa shape index (κ2) is 9.74. The van der Waals surface area contributed by atoms with Crippen LogP contribution in [0, 0.1) is 5.82 Å². The second-order valence-corrected chi connectivity index (χ2v) is 7.97. The van der Waals surface area contributed by atoms with Crippen molar-refractivity contribution in [1.82, 2.24) is 24.8 Å². The first-order chi connectivity index (χ1) is 16.0. The summed E-state index contributed by atoms with van der Waals surface area (Å²) in [6.45, 7) is 5.93. The summed E-state index contributed by atoms with van der Waals surface area (Å²) in [4.78, 5) is 24.7. The SMILES string of the molecule is C[C@@H]1CN(c2ccc3nc(-c4ccc(F)cc4)n(-c4ccncc4)c3n2)C[C@H](C)N1.O=CO. The Labute approximate surface area is 190 Å². The van der Waals surface area contributed by atoms with E-state index in [1.165, 1.54) is 12.1 Å². The van der Waals surface area contributed by atoms with Gasteiger partial charge in [-0.2, -0.15) is 0 Å². The Bertz CT molecular complexity index is 1220. The zero-order valence-corrected chi connectivity index (χ0v) is 18.4. The minimum atomic E-state index is -0.271. The molecule has 1 saturated heterocycles. The molecule has 1 fully saturated rings. The van der Waals surface area contributed by atoms with E-state index in [1.54, 1.807) is 24.5 Å². The van der Waals surface area contributed by atoms with Crippen LogP contribution in [0.1, 0.15) is 13.8 Å². The van der Waals surface area contributed by atoms with Gasteiger partial charge in [0, 0.05) is 43.1 Å². The van der Waals surface area contributed by atoms with Crippen molar-refractivity contribution < 1.29 is 14.3 Å². The van der Waals surface area contributed by atoms with Gasteiger partial charge >= 0.3 is 0 Å². The van der Waals surface area contributed by atoms with Gasteiger partial charge in [0.2, 0.25) is 0 Å². The van der Waals surface area contributed by atoms with Crippen molar-refractivity contribution in [2.45, 2.75) is 25.9 Å². The Kier molecular flexibility index (Phi) is 6.60. The number of carboxylic acid groups (broad SMARTS) is 1. The molecule has 1 aliphatic rings. The molecule has 4 aromatic rings. The summed E-state index contributed by atoms with van der Waals surface area (Å²) in [6, 6.07) is 15.1. The van der Waals surface area contributed by atoms with E-state index >= 15 is 0 Å². The molecule has 4 heterocycles. The standard InChI is InChI=1S/C23H23FN6.CH2O2/c1-15-13-29(14-16(2)26-15)21-8-7-20-23(28-21)30(19-9-11-25-12-10-19)22(27-20)17-3-5-18(24)6-4-17;2-1-3/h3-12,15-16,26H,13-14H2,1-2H3;1H,(H,2,3)/t15-,16+;. The number of fused-ring (bicyclic) bond motifs is 1. The fourth-order valence-electron chi connectivity index (χ4n) is 4.17. The summed E-state index contributed by atoms with van der Waals surface area (Å²) in [7, 11) is 0. The molecule has 33 heavy (non-hydrogen) atoms. The highest BCUT2D eigenvalue weighted by atomic mass is 19.1. The average Bonchev–Trinajstić information content (AvgIpc) is 3.19.